The van der Waals surface area contributed by atoms with Crippen molar-refractivity contribution in [2.45, 2.75) is 6.92 Å². The summed E-state index contributed by atoms with van der Waals surface area (Å²) in [5, 5.41) is 6.95. The van der Waals surface area contributed by atoms with Crippen LogP contribution in [-0.4, -0.2) is 24.9 Å². The lowest BCUT2D eigenvalue weighted by atomic mass is 10.2. The molecule has 0 aliphatic carbocycles. The predicted octanol–water partition coefficient (Wildman–Crippen LogP) is 1.88. The van der Waals surface area contributed by atoms with Gasteiger partial charge in [0.1, 0.15) is 11.6 Å². The Morgan fingerprint density at radius 2 is 2.22 bits per heavy atom. The maximum Gasteiger partial charge on any atom is 0.348 e. The topological polar surface area (TPSA) is 80.0 Å². The molecule has 0 aliphatic rings. The average Bonchev–Trinajstić information content (AvgIpc) is 2.29. The summed E-state index contributed by atoms with van der Waals surface area (Å²) in [5.41, 5.74) is 6.92. The molecule has 0 aromatic heterocycles. The number of nitrogens with one attached hydrogen (secondary N) is 1. The number of hydrogen-bond donors (Lipinski definition) is 2. The van der Waals surface area contributed by atoms with Crippen LogP contribution in [0.3, 0.4) is 0 Å². The van der Waals surface area contributed by atoms with E-state index in [1.807, 2.05) is 13.0 Å². The number of nitrogens with zero attached hydrogens (tertiary/aromatic N) is 2. The van der Waals surface area contributed by atoms with Gasteiger partial charge in [-0.25, -0.2) is 4.79 Å². The van der Waals surface area contributed by atoms with Gasteiger partial charge in [0.15, 0.2) is 0 Å². The number of hydrazone groups is 1. The molecule has 6 nitrogen and oxygen atoms in total. The fourth-order valence-corrected chi connectivity index (χ4v) is 1.37. The van der Waals surface area contributed by atoms with E-state index in [2.05, 4.69) is 23.7 Å². The van der Waals surface area contributed by atoms with Crippen molar-refractivity contribution in [1.82, 2.24) is 5.01 Å². The molecule has 3 N–H and O–H groups in total. The maximum absolute atomic E-state index is 11.8. The lowest BCUT2D eigenvalue weighted by Gasteiger charge is -2.17. The van der Waals surface area contributed by atoms with Crippen molar-refractivity contribution < 1.29 is 9.53 Å². The Hall–Kier alpha value is -2.50. The van der Waals surface area contributed by atoms with Crippen molar-refractivity contribution in [3.05, 3.63) is 36.2 Å². The number of urea groups is 1. The van der Waals surface area contributed by atoms with Gasteiger partial charge in [0.2, 0.25) is 0 Å². The molecule has 0 atom stereocenters. The van der Waals surface area contributed by atoms with E-state index < -0.39 is 6.03 Å². The van der Waals surface area contributed by atoms with E-state index in [1.54, 1.807) is 12.1 Å². The van der Waals surface area contributed by atoms with E-state index in [4.69, 9.17) is 10.5 Å². The Bertz CT molecular complexity index is 485. The van der Waals surface area contributed by atoms with Crippen molar-refractivity contribution >= 4 is 18.4 Å². The SMILES string of the molecule is C=NN(C(=C)N)C(=O)Nc1cc(C)ccc1OC. The minimum atomic E-state index is -0.554. The minimum Gasteiger partial charge on any atom is -0.495 e. The van der Waals surface area contributed by atoms with Crippen molar-refractivity contribution in [2.75, 3.05) is 12.4 Å². The van der Waals surface area contributed by atoms with Crippen LogP contribution in [0.4, 0.5) is 10.5 Å². The Kier molecular flexibility index (Phi) is 4.31. The number of nitrogens with two attached hydrogens (primary N) is 1. The van der Waals surface area contributed by atoms with Crippen LogP contribution in [0, 0.1) is 6.92 Å². The Morgan fingerprint density at radius 1 is 1.56 bits per heavy atom. The monoisotopic (exact) mass is 248 g/mol. The van der Waals surface area contributed by atoms with E-state index in [0.29, 0.717) is 11.4 Å². The highest BCUT2D eigenvalue weighted by molar-refractivity contribution is 5.92. The maximum atomic E-state index is 11.8. The highest BCUT2D eigenvalue weighted by Gasteiger charge is 2.15. The minimum absolute atomic E-state index is 0.0193. The van der Waals surface area contributed by atoms with Crippen LogP contribution in [0.5, 0.6) is 5.75 Å². The van der Waals surface area contributed by atoms with Crippen LogP contribution < -0.4 is 15.8 Å². The molecule has 0 aliphatic heterocycles. The van der Waals surface area contributed by atoms with Crippen LogP contribution in [-0.2, 0) is 0 Å². The molecule has 2 amide bonds. The number of carbonyl (C=O) groups excluding carboxylic acids is 1. The third-order valence-electron chi connectivity index (χ3n) is 2.20. The zero-order valence-corrected chi connectivity index (χ0v) is 10.4. The molecular formula is C12H16N4O2. The van der Waals surface area contributed by atoms with E-state index in [9.17, 15) is 4.79 Å². The van der Waals surface area contributed by atoms with E-state index in [0.717, 1.165) is 10.6 Å². The van der Waals surface area contributed by atoms with Crippen LogP contribution in [0.15, 0.2) is 35.7 Å². The average molecular weight is 248 g/mol. The fraction of sp³-hybridized carbons (Fsp3) is 0.167. The number of aryl methyl sites for hydroxylation is 1. The molecule has 18 heavy (non-hydrogen) atoms. The summed E-state index contributed by atoms with van der Waals surface area (Å²) >= 11 is 0. The Labute approximate surface area is 106 Å². The largest absolute Gasteiger partial charge is 0.495 e. The summed E-state index contributed by atoms with van der Waals surface area (Å²) in [6.07, 6.45) is 0. The Balaban J connectivity index is 2.96. The lowest BCUT2D eigenvalue weighted by molar-refractivity contribution is 0.226. The second kappa shape index (κ2) is 5.72. The molecule has 1 aromatic rings. The van der Waals surface area contributed by atoms with Crippen molar-refractivity contribution in [1.29, 1.82) is 0 Å². The molecule has 0 saturated carbocycles. The highest BCUT2D eigenvalue weighted by atomic mass is 16.5. The first-order valence-corrected chi connectivity index (χ1v) is 5.16. The zero-order chi connectivity index (χ0) is 13.7. The van der Waals surface area contributed by atoms with Crippen LogP contribution in [0.2, 0.25) is 0 Å². The molecular weight excluding hydrogens is 232 g/mol. The molecule has 0 saturated heterocycles. The number of ether oxygens (including phenoxy) is 1. The normalized spacial score (nSPS) is 9.44. The molecule has 96 valence electrons. The molecule has 1 aromatic carbocycles. The first kappa shape index (κ1) is 13.6. The summed E-state index contributed by atoms with van der Waals surface area (Å²) in [6, 6.07) is 4.85. The smallest absolute Gasteiger partial charge is 0.348 e. The third kappa shape index (κ3) is 3.00. The first-order valence-electron chi connectivity index (χ1n) is 5.16. The molecule has 0 radical (unpaired) electrons. The molecule has 0 fully saturated rings. The van der Waals surface area contributed by atoms with Crippen LogP contribution in [0.1, 0.15) is 5.56 Å². The Morgan fingerprint density at radius 3 is 2.72 bits per heavy atom. The lowest BCUT2D eigenvalue weighted by Crippen LogP contribution is -2.32. The van der Waals surface area contributed by atoms with Crippen molar-refractivity contribution in [2.24, 2.45) is 10.8 Å². The number of amides is 2. The van der Waals surface area contributed by atoms with Gasteiger partial charge in [-0.1, -0.05) is 12.6 Å². The number of hydrogen-bond acceptors (Lipinski definition) is 4. The number of methoxy groups -OCH3 is 1. The van der Waals surface area contributed by atoms with Gasteiger partial charge in [-0.3, -0.25) is 0 Å². The van der Waals surface area contributed by atoms with Crippen LogP contribution >= 0.6 is 0 Å². The quantitative estimate of drug-likeness (QED) is 0.630. The number of carbonyl (C=O) groups is 1. The summed E-state index contributed by atoms with van der Waals surface area (Å²) < 4.78 is 5.14. The second-order valence-electron chi connectivity index (χ2n) is 3.58. The van der Waals surface area contributed by atoms with Gasteiger partial charge < -0.3 is 15.8 Å². The van der Waals surface area contributed by atoms with Crippen molar-refractivity contribution in [3.63, 3.8) is 0 Å². The summed E-state index contributed by atoms with van der Waals surface area (Å²) in [7, 11) is 1.52. The molecule has 0 spiro atoms. The highest BCUT2D eigenvalue weighted by Crippen LogP contribution is 2.25. The second-order valence-corrected chi connectivity index (χ2v) is 3.58. The van der Waals surface area contributed by atoms with Gasteiger partial charge in [0.05, 0.1) is 12.8 Å². The zero-order valence-electron chi connectivity index (χ0n) is 10.4. The number of rotatable bonds is 4. The van der Waals surface area contributed by atoms with E-state index in [1.165, 1.54) is 7.11 Å². The summed E-state index contributed by atoms with van der Waals surface area (Å²) in [4.78, 5) is 11.8. The van der Waals surface area contributed by atoms with E-state index >= 15 is 0 Å². The first-order chi connectivity index (χ1) is 8.49. The molecule has 6 heteroatoms. The van der Waals surface area contributed by atoms with Crippen LogP contribution in [0.25, 0.3) is 0 Å². The predicted molar refractivity (Wildman–Crippen MR) is 71.5 cm³/mol. The van der Waals surface area contributed by atoms with Gasteiger partial charge in [0.25, 0.3) is 0 Å². The van der Waals surface area contributed by atoms with Gasteiger partial charge in [-0.05, 0) is 24.6 Å². The molecule has 0 bridgehead atoms. The van der Waals surface area contributed by atoms with Gasteiger partial charge in [0, 0.05) is 6.72 Å². The summed E-state index contributed by atoms with van der Waals surface area (Å²) in [5.74, 6) is 0.523. The molecule has 0 heterocycles. The van der Waals surface area contributed by atoms with Gasteiger partial charge in [-0.15, -0.1) is 0 Å². The van der Waals surface area contributed by atoms with E-state index in [-0.39, 0.29) is 5.82 Å². The molecule has 0 unspecified atom stereocenters. The number of benzene rings is 1. The van der Waals surface area contributed by atoms with Gasteiger partial charge >= 0.3 is 6.03 Å². The standard InChI is InChI=1S/C12H16N4O2/c1-8-5-6-11(18-4)10(7-8)15-12(17)16(14-3)9(2)13/h5-7H,2-3,13H2,1,4H3,(H,15,17). The van der Waals surface area contributed by atoms with Gasteiger partial charge in [-0.2, -0.15) is 10.1 Å². The van der Waals surface area contributed by atoms with Crippen molar-refractivity contribution in [3.8, 4) is 5.75 Å². The summed E-state index contributed by atoms with van der Waals surface area (Å²) in [6.45, 7) is 8.58. The fourth-order valence-electron chi connectivity index (χ4n) is 1.37. The molecule has 1 rings (SSSR count). The third-order valence-corrected chi connectivity index (χ3v) is 2.20. The number of anilines is 1.